The third-order valence-electron chi connectivity index (χ3n) is 5.64. The number of tetrazole rings is 1. The maximum Gasteiger partial charge on any atom is 0.280 e. The molecule has 1 aliphatic heterocycles. The van der Waals surface area contributed by atoms with Gasteiger partial charge in [-0.05, 0) is 40.1 Å². The van der Waals surface area contributed by atoms with Crippen molar-refractivity contribution < 1.29 is 0 Å². The summed E-state index contributed by atoms with van der Waals surface area (Å²) >= 11 is 1.65. The van der Waals surface area contributed by atoms with E-state index in [9.17, 15) is 4.79 Å². The van der Waals surface area contributed by atoms with Gasteiger partial charge in [0, 0.05) is 24.5 Å². The van der Waals surface area contributed by atoms with Crippen LogP contribution in [-0.4, -0.2) is 36.3 Å². The monoisotopic (exact) mass is 414 g/mol. The van der Waals surface area contributed by atoms with E-state index in [1.807, 2.05) is 36.4 Å². The van der Waals surface area contributed by atoms with Gasteiger partial charge in [0.25, 0.3) is 5.56 Å². The minimum absolute atomic E-state index is 0.0648. The first-order valence-electron chi connectivity index (χ1n) is 9.89. The molecule has 0 saturated heterocycles. The molecule has 0 spiro atoms. The number of para-hydroxylation sites is 1. The van der Waals surface area contributed by atoms with Gasteiger partial charge >= 0.3 is 0 Å². The number of aromatic nitrogens is 5. The van der Waals surface area contributed by atoms with Crippen molar-refractivity contribution in [2.45, 2.75) is 19.5 Å². The highest BCUT2D eigenvalue weighted by Crippen LogP contribution is 2.35. The van der Waals surface area contributed by atoms with Gasteiger partial charge in [-0.25, -0.2) is 0 Å². The summed E-state index contributed by atoms with van der Waals surface area (Å²) in [6, 6.07) is 20.0. The number of benzene rings is 2. The number of thiophene rings is 1. The van der Waals surface area contributed by atoms with Crippen LogP contribution in [-0.2, 0) is 19.5 Å². The smallest absolute Gasteiger partial charge is 0.280 e. The van der Waals surface area contributed by atoms with E-state index in [2.05, 4.69) is 44.7 Å². The maximum absolute atomic E-state index is 13.6. The van der Waals surface area contributed by atoms with E-state index >= 15 is 0 Å². The summed E-state index contributed by atoms with van der Waals surface area (Å²) in [4.78, 5) is 17.3. The molecule has 0 amide bonds. The molecule has 4 heterocycles. The van der Waals surface area contributed by atoms with E-state index in [0.29, 0.717) is 5.65 Å². The molecule has 0 saturated carbocycles. The fourth-order valence-corrected chi connectivity index (χ4v) is 5.61. The van der Waals surface area contributed by atoms with Gasteiger partial charge in [-0.3, -0.25) is 9.69 Å². The Hall–Kier alpha value is -3.36. The summed E-state index contributed by atoms with van der Waals surface area (Å²) in [6.45, 7) is 2.67. The molecule has 148 valence electrons. The van der Waals surface area contributed by atoms with Crippen LogP contribution in [0, 0.1) is 0 Å². The van der Waals surface area contributed by atoms with Gasteiger partial charge in [0.2, 0.25) is 5.65 Å². The normalized spacial score (nSPS) is 14.4. The maximum atomic E-state index is 13.6. The summed E-state index contributed by atoms with van der Waals surface area (Å²) < 4.78 is 3.97. The lowest BCUT2D eigenvalue weighted by molar-refractivity contribution is 0.249. The van der Waals surface area contributed by atoms with Crippen molar-refractivity contribution in [2.24, 2.45) is 0 Å². The average Bonchev–Trinajstić information content (AvgIpc) is 3.40. The number of hydrogen-bond acceptors (Lipinski definition) is 6. The molecule has 0 atom stereocenters. The van der Waals surface area contributed by atoms with Crippen molar-refractivity contribution in [2.75, 3.05) is 6.54 Å². The highest BCUT2D eigenvalue weighted by Gasteiger charge is 2.26. The molecular formula is C22H18N6OS. The van der Waals surface area contributed by atoms with Crippen molar-refractivity contribution in [3.05, 3.63) is 87.0 Å². The van der Waals surface area contributed by atoms with Gasteiger partial charge in [-0.1, -0.05) is 48.5 Å². The molecule has 0 fully saturated rings. The Morgan fingerprint density at radius 2 is 1.77 bits per heavy atom. The van der Waals surface area contributed by atoms with Crippen molar-refractivity contribution >= 4 is 27.1 Å². The van der Waals surface area contributed by atoms with Crippen molar-refractivity contribution in [1.82, 2.24) is 29.7 Å². The van der Waals surface area contributed by atoms with Crippen LogP contribution < -0.4 is 5.56 Å². The Balaban J connectivity index is 1.50. The van der Waals surface area contributed by atoms with Crippen molar-refractivity contribution in [1.29, 1.82) is 0 Å². The number of fused-ring (bicyclic) bond motifs is 5. The molecule has 1 aliphatic rings. The molecule has 7 nitrogen and oxygen atoms in total. The molecule has 6 rings (SSSR count). The Bertz CT molecular complexity index is 1420. The third kappa shape index (κ3) is 2.68. The zero-order valence-electron chi connectivity index (χ0n) is 16.1. The van der Waals surface area contributed by atoms with Crippen molar-refractivity contribution in [3.63, 3.8) is 0 Å². The summed E-state index contributed by atoms with van der Waals surface area (Å²) in [6.07, 6.45) is 0.851. The molecule has 0 aliphatic carbocycles. The van der Waals surface area contributed by atoms with Gasteiger partial charge in [0.15, 0.2) is 0 Å². The first-order valence-corrected chi connectivity index (χ1v) is 10.7. The van der Waals surface area contributed by atoms with Crippen LogP contribution in [0.2, 0.25) is 0 Å². The minimum atomic E-state index is -0.0648. The summed E-state index contributed by atoms with van der Waals surface area (Å²) in [5.74, 6) is 0. The molecule has 0 bridgehead atoms. The van der Waals surface area contributed by atoms with Crippen LogP contribution in [0.15, 0.2) is 65.5 Å². The SMILES string of the molecule is O=c1c2c3c(sc2c2nnnn2n1-c1ccccc1)CN(Cc1ccccc1)CC3. The second-order valence-electron chi connectivity index (χ2n) is 7.50. The van der Waals surface area contributed by atoms with E-state index in [-0.39, 0.29) is 5.56 Å². The van der Waals surface area contributed by atoms with Gasteiger partial charge in [-0.2, -0.15) is 4.68 Å². The number of rotatable bonds is 3. The summed E-state index contributed by atoms with van der Waals surface area (Å²) in [5, 5.41) is 13.0. The van der Waals surface area contributed by atoms with Gasteiger partial charge in [-0.15, -0.1) is 21.1 Å². The predicted molar refractivity (Wildman–Crippen MR) is 116 cm³/mol. The molecule has 0 radical (unpaired) electrons. The van der Waals surface area contributed by atoms with Crippen LogP contribution >= 0.6 is 11.3 Å². The lowest BCUT2D eigenvalue weighted by Crippen LogP contribution is -2.30. The summed E-state index contributed by atoms with van der Waals surface area (Å²) in [7, 11) is 0. The van der Waals surface area contributed by atoms with Crippen LogP contribution in [0.3, 0.4) is 0 Å². The Labute approximate surface area is 175 Å². The van der Waals surface area contributed by atoms with Gasteiger partial charge in [0.05, 0.1) is 15.8 Å². The van der Waals surface area contributed by atoms with Crippen molar-refractivity contribution in [3.8, 4) is 5.69 Å². The molecule has 2 aromatic carbocycles. The third-order valence-corrected chi connectivity index (χ3v) is 6.85. The molecule has 5 aromatic rings. The zero-order valence-corrected chi connectivity index (χ0v) is 16.9. The standard InChI is InChI=1S/C22H18N6OS/c29-22-19-17-11-12-26(13-15-7-3-1-4-8-15)14-18(17)30-20(19)21-23-24-25-28(21)27(22)16-9-5-2-6-10-16/h1-10H,11-14H2. The molecule has 30 heavy (non-hydrogen) atoms. The van der Waals surface area contributed by atoms with Crippen LogP contribution in [0.25, 0.3) is 21.4 Å². The van der Waals surface area contributed by atoms with Crippen LogP contribution in [0.1, 0.15) is 16.0 Å². The first kappa shape index (κ1) is 17.5. The summed E-state index contributed by atoms with van der Waals surface area (Å²) in [5.41, 5.74) is 3.77. The fourth-order valence-electron chi connectivity index (χ4n) is 4.26. The Morgan fingerprint density at radius 3 is 2.57 bits per heavy atom. The van der Waals surface area contributed by atoms with E-state index in [0.717, 1.165) is 47.4 Å². The Morgan fingerprint density at radius 1 is 1.00 bits per heavy atom. The predicted octanol–water partition coefficient (Wildman–Crippen LogP) is 3.05. The second-order valence-corrected chi connectivity index (χ2v) is 8.60. The number of nitrogens with zero attached hydrogens (tertiary/aromatic N) is 6. The minimum Gasteiger partial charge on any atom is -0.294 e. The zero-order chi connectivity index (χ0) is 20.1. The van der Waals surface area contributed by atoms with Crippen LogP contribution in [0.4, 0.5) is 0 Å². The number of hydrogen-bond donors (Lipinski definition) is 0. The van der Waals surface area contributed by atoms with E-state index in [4.69, 9.17) is 0 Å². The lowest BCUT2D eigenvalue weighted by atomic mass is 10.0. The highest BCUT2D eigenvalue weighted by molar-refractivity contribution is 7.20. The van der Waals surface area contributed by atoms with E-state index < -0.39 is 0 Å². The first-order chi connectivity index (χ1) is 14.8. The molecule has 3 aromatic heterocycles. The molecule has 8 heteroatoms. The molecular weight excluding hydrogens is 396 g/mol. The average molecular weight is 414 g/mol. The quantitative estimate of drug-likeness (QED) is 0.454. The largest absolute Gasteiger partial charge is 0.294 e. The fraction of sp³-hybridized carbons (Fsp3) is 0.182. The van der Waals surface area contributed by atoms with E-state index in [1.165, 1.54) is 15.1 Å². The van der Waals surface area contributed by atoms with Gasteiger partial charge < -0.3 is 0 Å². The van der Waals surface area contributed by atoms with E-state index in [1.54, 1.807) is 16.0 Å². The second kappa shape index (κ2) is 6.86. The molecule has 0 N–H and O–H groups in total. The molecule has 0 unspecified atom stereocenters. The Kier molecular flexibility index (Phi) is 4.00. The van der Waals surface area contributed by atoms with Gasteiger partial charge in [0.1, 0.15) is 0 Å². The van der Waals surface area contributed by atoms with Crippen LogP contribution in [0.5, 0.6) is 0 Å². The highest BCUT2D eigenvalue weighted by atomic mass is 32.1. The lowest BCUT2D eigenvalue weighted by Gasteiger charge is -2.26. The topological polar surface area (TPSA) is 68.3 Å².